The summed E-state index contributed by atoms with van der Waals surface area (Å²) in [7, 11) is 0. The van der Waals surface area contributed by atoms with Crippen LogP contribution in [-0.4, -0.2) is 12.6 Å². The lowest BCUT2D eigenvalue weighted by Gasteiger charge is -2.11. The molecular weight excluding hydrogens is 237 g/mol. The van der Waals surface area contributed by atoms with Gasteiger partial charge < -0.3 is 5.32 Å². The third-order valence-corrected chi connectivity index (χ3v) is 3.79. The molecule has 2 aromatic carbocycles. The first-order chi connectivity index (χ1) is 9.31. The van der Waals surface area contributed by atoms with Crippen LogP contribution >= 0.6 is 0 Å². The Kier molecular flexibility index (Phi) is 3.60. The molecule has 0 spiro atoms. The van der Waals surface area contributed by atoms with Gasteiger partial charge in [0, 0.05) is 6.04 Å². The van der Waals surface area contributed by atoms with E-state index in [1.165, 1.54) is 17.2 Å². The second-order valence-corrected chi connectivity index (χ2v) is 5.21. The molecule has 19 heavy (non-hydrogen) atoms. The molecule has 0 unspecified atom stereocenters. The van der Waals surface area contributed by atoms with Gasteiger partial charge in [0.1, 0.15) is 5.82 Å². The second kappa shape index (κ2) is 5.54. The monoisotopic (exact) mass is 255 g/mol. The zero-order valence-corrected chi connectivity index (χ0v) is 10.9. The summed E-state index contributed by atoms with van der Waals surface area (Å²) >= 11 is 0. The van der Waals surface area contributed by atoms with Crippen molar-refractivity contribution >= 4 is 0 Å². The van der Waals surface area contributed by atoms with Crippen LogP contribution in [0.4, 0.5) is 4.39 Å². The molecule has 1 nitrogen and oxygen atoms in total. The SMILES string of the molecule is Fc1cccc(CCNC2Cc3ccccc3C2)c1. The fourth-order valence-electron chi connectivity index (χ4n) is 2.82. The molecule has 0 bridgehead atoms. The zero-order valence-electron chi connectivity index (χ0n) is 10.9. The number of halogens is 1. The maximum atomic E-state index is 13.1. The van der Waals surface area contributed by atoms with Crippen molar-refractivity contribution in [1.29, 1.82) is 0 Å². The van der Waals surface area contributed by atoms with Crippen molar-refractivity contribution in [3.8, 4) is 0 Å². The second-order valence-electron chi connectivity index (χ2n) is 5.21. The summed E-state index contributed by atoms with van der Waals surface area (Å²) in [6.07, 6.45) is 3.10. The number of fused-ring (bicyclic) bond motifs is 1. The van der Waals surface area contributed by atoms with Gasteiger partial charge in [-0.15, -0.1) is 0 Å². The van der Waals surface area contributed by atoms with Gasteiger partial charge in [0.15, 0.2) is 0 Å². The van der Waals surface area contributed by atoms with Crippen molar-refractivity contribution < 1.29 is 4.39 Å². The van der Waals surface area contributed by atoms with Gasteiger partial charge in [-0.1, -0.05) is 36.4 Å². The Hall–Kier alpha value is -1.67. The predicted octanol–water partition coefficient (Wildman–Crippen LogP) is 3.13. The Morgan fingerprint density at radius 3 is 2.42 bits per heavy atom. The van der Waals surface area contributed by atoms with Gasteiger partial charge in [-0.25, -0.2) is 4.39 Å². The minimum atomic E-state index is -0.147. The molecule has 0 amide bonds. The van der Waals surface area contributed by atoms with E-state index in [1.807, 2.05) is 6.07 Å². The van der Waals surface area contributed by atoms with Crippen LogP contribution < -0.4 is 5.32 Å². The maximum absolute atomic E-state index is 13.1. The highest BCUT2D eigenvalue weighted by Gasteiger charge is 2.19. The van der Waals surface area contributed by atoms with Crippen LogP contribution in [0, 0.1) is 5.82 Å². The minimum Gasteiger partial charge on any atom is -0.313 e. The summed E-state index contributed by atoms with van der Waals surface area (Å²) in [6, 6.07) is 16.0. The van der Waals surface area contributed by atoms with Gasteiger partial charge in [-0.05, 0) is 54.6 Å². The van der Waals surface area contributed by atoms with Crippen molar-refractivity contribution in [1.82, 2.24) is 5.32 Å². The van der Waals surface area contributed by atoms with E-state index in [0.717, 1.165) is 31.4 Å². The van der Waals surface area contributed by atoms with E-state index < -0.39 is 0 Å². The first kappa shape index (κ1) is 12.4. The number of rotatable bonds is 4. The molecule has 0 aromatic heterocycles. The van der Waals surface area contributed by atoms with Gasteiger partial charge >= 0.3 is 0 Å². The molecule has 0 fully saturated rings. The molecule has 0 heterocycles. The highest BCUT2D eigenvalue weighted by molar-refractivity contribution is 5.33. The molecule has 0 atom stereocenters. The van der Waals surface area contributed by atoms with E-state index in [9.17, 15) is 4.39 Å². The summed E-state index contributed by atoms with van der Waals surface area (Å²) in [5, 5.41) is 3.57. The fourth-order valence-corrected chi connectivity index (χ4v) is 2.82. The molecule has 2 heteroatoms. The Morgan fingerprint density at radius 2 is 1.74 bits per heavy atom. The predicted molar refractivity (Wildman–Crippen MR) is 75.7 cm³/mol. The number of hydrogen-bond acceptors (Lipinski definition) is 1. The van der Waals surface area contributed by atoms with Gasteiger partial charge in [-0.2, -0.15) is 0 Å². The maximum Gasteiger partial charge on any atom is 0.123 e. The van der Waals surface area contributed by atoms with Crippen LogP contribution in [0.1, 0.15) is 16.7 Å². The summed E-state index contributed by atoms with van der Waals surface area (Å²) in [4.78, 5) is 0. The number of hydrogen-bond donors (Lipinski definition) is 1. The lowest BCUT2D eigenvalue weighted by Crippen LogP contribution is -2.31. The standard InChI is InChI=1S/C17H18FN/c18-16-7-3-4-13(10-16)8-9-19-17-11-14-5-1-2-6-15(14)12-17/h1-7,10,17,19H,8-9,11-12H2. The topological polar surface area (TPSA) is 12.0 Å². The zero-order chi connectivity index (χ0) is 13.1. The normalized spacial score (nSPS) is 14.6. The Morgan fingerprint density at radius 1 is 1.00 bits per heavy atom. The lowest BCUT2D eigenvalue weighted by atomic mass is 10.1. The Bertz CT molecular complexity index is 540. The molecule has 98 valence electrons. The molecule has 0 radical (unpaired) electrons. The smallest absolute Gasteiger partial charge is 0.123 e. The van der Waals surface area contributed by atoms with E-state index in [4.69, 9.17) is 0 Å². The summed E-state index contributed by atoms with van der Waals surface area (Å²) < 4.78 is 13.1. The van der Waals surface area contributed by atoms with Crippen LogP contribution in [0.3, 0.4) is 0 Å². The van der Waals surface area contributed by atoms with Crippen molar-refractivity contribution in [2.45, 2.75) is 25.3 Å². The van der Waals surface area contributed by atoms with E-state index in [1.54, 1.807) is 12.1 Å². The van der Waals surface area contributed by atoms with Crippen LogP contribution in [0.15, 0.2) is 48.5 Å². The van der Waals surface area contributed by atoms with E-state index in [2.05, 4.69) is 29.6 Å². The molecule has 1 aliphatic rings. The van der Waals surface area contributed by atoms with Crippen LogP contribution in [-0.2, 0) is 19.3 Å². The van der Waals surface area contributed by atoms with Gasteiger partial charge in [0.05, 0.1) is 0 Å². The van der Waals surface area contributed by atoms with E-state index >= 15 is 0 Å². The summed E-state index contributed by atoms with van der Waals surface area (Å²) in [5.74, 6) is -0.147. The number of benzene rings is 2. The highest BCUT2D eigenvalue weighted by Crippen LogP contribution is 2.21. The first-order valence-corrected chi connectivity index (χ1v) is 6.86. The molecule has 0 saturated heterocycles. The van der Waals surface area contributed by atoms with Crippen LogP contribution in [0.5, 0.6) is 0 Å². The van der Waals surface area contributed by atoms with Gasteiger partial charge in [0.2, 0.25) is 0 Å². The molecule has 3 rings (SSSR count). The molecule has 0 aliphatic heterocycles. The number of nitrogens with one attached hydrogen (secondary N) is 1. The molecule has 1 aliphatic carbocycles. The van der Waals surface area contributed by atoms with Crippen molar-refractivity contribution in [3.05, 3.63) is 71.0 Å². The molecular formula is C17H18FN. The molecule has 2 aromatic rings. The minimum absolute atomic E-state index is 0.147. The average molecular weight is 255 g/mol. The van der Waals surface area contributed by atoms with Crippen LogP contribution in [0.2, 0.25) is 0 Å². The Balaban J connectivity index is 1.50. The molecule has 1 N–H and O–H groups in total. The Labute approximate surface area is 113 Å². The average Bonchev–Trinajstić information content (AvgIpc) is 2.81. The van der Waals surface area contributed by atoms with Crippen molar-refractivity contribution in [2.24, 2.45) is 0 Å². The van der Waals surface area contributed by atoms with Crippen molar-refractivity contribution in [2.75, 3.05) is 6.54 Å². The third kappa shape index (κ3) is 3.02. The van der Waals surface area contributed by atoms with Crippen molar-refractivity contribution in [3.63, 3.8) is 0 Å². The van der Waals surface area contributed by atoms with E-state index in [-0.39, 0.29) is 5.82 Å². The quantitative estimate of drug-likeness (QED) is 0.885. The van der Waals surface area contributed by atoms with Gasteiger partial charge in [-0.3, -0.25) is 0 Å². The fraction of sp³-hybridized carbons (Fsp3) is 0.294. The summed E-state index contributed by atoms with van der Waals surface area (Å²) in [5.41, 5.74) is 3.99. The van der Waals surface area contributed by atoms with Gasteiger partial charge in [0.25, 0.3) is 0 Å². The first-order valence-electron chi connectivity index (χ1n) is 6.86. The summed E-state index contributed by atoms with van der Waals surface area (Å²) in [6.45, 7) is 0.905. The molecule has 0 saturated carbocycles. The van der Waals surface area contributed by atoms with Crippen LogP contribution in [0.25, 0.3) is 0 Å². The lowest BCUT2D eigenvalue weighted by molar-refractivity contribution is 0.535. The largest absolute Gasteiger partial charge is 0.313 e. The van der Waals surface area contributed by atoms with E-state index in [0.29, 0.717) is 6.04 Å². The third-order valence-electron chi connectivity index (χ3n) is 3.79. The highest BCUT2D eigenvalue weighted by atomic mass is 19.1.